The molecule has 5 nitrogen and oxygen atoms in total. The molecule has 0 radical (unpaired) electrons. The van der Waals surface area contributed by atoms with Gasteiger partial charge in [0.25, 0.3) is 5.91 Å². The molecule has 1 heterocycles. The number of fused-ring (bicyclic) bond motifs is 1. The monoisotopic (exact) mass is 259 g/mol. The van der Waals surface area contributed by atoms with E-state index < -0.39 is 11.9 Å². The third-order valence-corrected chi connectivity index (χ3v) is 3.90. The summed E-state index contributed by atoms with van der Waals surface area (Å²) in [5.41, 5.74) is 0.946. The number of nitrogens with zero attached hydrogens (tertiary/aromatic N) is 1. The fourth-order valence-electron chi connectivity index (χ4n) is 2.95. The molecule has 0 unspecified atom stereocenters. The summed E-state index contributed by atoms with van der Waals surface area (Å²) in [6, 6.07) is 6.03. The summed E-state index contributed by atoms with van der Waals surface area (Å²) in [6.45, 7) is 0. The van der Waals surface area contributed by atoms with Gasteiger partial charge in [0, 0.05) is 5.92 Å². The molecule has 3 atom stereocenters. The Morgan fingerprint density at radius 2 is 1.95 bits per heavy atom. The minimum Gasteiger partial charge on any atom is -0.478 e. The Labute approximate surface area is 109 Å². The van der Waals surface area contributed by atoms with Crippen LogP contribution in [-0.4, -0.2) is 33.3 Å². The molecule has 1 aliphatic heterocycles. The first kappa shape index (κ1) is 11.9. The fraction of sp³-hybridized carbons (Fsp3) is 0.286. The molecule has 1 amide bonds. The van der Waals surface area contributed by atoms with Crippen LogP contribution in [0.4, 0.5) is 0 Å². The number of allylic oxidation sites excluding steroid dienone is 1. The lowest BCUT2D eigenvalue weighted by atomic mass is 9.85. The van der Waals surface area contributed by atoms with Gasteiger partial charge in [-0.25, -0.2) is 9.86 Å². The Hall–Kier alpha value is -2.14. The van der Waals surface area contributed by atoms with E-state index in [2.05, 4.69) is 0 Å². The van der Waals surface area contributed by atoms with Crippen molar-refractivity contribution in [3.63, 3.8) is 0 Å². The molecule has 1 saturated heterocycles. The maximum atomic E-state index is 12.1. The zero-order valence-corrected chi connectivity index (χ0v) is 10.1. The van der Waals surface area contributed by atoms with Crippen molar-refractivity contribution in [3.05, 3.63) is 47.5 Å². The molecule has 0 spiro atoms. The summed E-state index contributed by atoms with van der Waals surface area (Å²) in [5, 5.41) is 19.4. The third kappa shape index (κ3) is 1.74. The van der Waals surface area contributed by atoms with Crippen molar-refractivity contribution in [3.8, 4) is 0 Å². The van der Waals surface area contributed by atoms with Crippen LogP contribution in [0.25, 0.3) is 0 Å². The van der Waals surface area contributed by atoms with Gasteiger partial charge >= 0.3 is 5.97 Å². The molecular weight excluding hydrogens is 246 g/mol. The largest absolute Gasteiger partial charge is 0.478 e. The van der Waals surface area contributed by atoms with Crippen molar-refractivity contribution in [2.45, 2.75) is 18.4 Å². The highest BCUT2D eigenvalue weighted by Gasteiger charge is 2.48. The second-order valence-corrected chi connectivity index (χ2v) is 4.91. The Balaban J connectivity index is 1.93. The predicted molar refractivity (Wildman–Crippen MR) is 65.8 cm³/mol. The van der Waals surface area contributed by atoms with Crippen molar-refractivity contribution >= 4 is 11.9 Å². The number of carboxylic acid groups (broad SMARTS) is 1. The lowest BCUT2D eigenvalue weighted by Gasteiger charge is -2.15. The third-order valence-electron chi connectivity index (χ3n) is 3.90. The van der Waals surface area contributed by atoms with Crippen LogP contribution in [0.15, 0.2) is 36.4 Å². The molecule has 1 aromatic carbocycles. The average molecular weight is 259 g/mol. The van der Waals surface area contributed by atoms with Gasteiger partial charge in [-0.2, -0.15) is 0 Å². The summed E-state index contributed by atoms with van der Waals surface area (Å²) >= 11 is 0. The molecule has 1 aliphatic carbocycles. The Bertz CT molecular complexity index is 563. The molecule has 2 aliphatic rings. The topological polar surface area (TPSA) is 77.8 Å². The predicted octanol–water partition coefficient (Wildman–Crippen LogP) is 1.64. The van der Waals surface area contributed by atoms with Gasteiger partial charge in [0.05, 0.1) is 17.5 Å². The quantitative estimate of drug-likeness (QED) is 0.625. The van der Waals surface area contributed by atoms with Gasteiger partial charge in [0.1, 0.15) is 0 Å². The normalized spacial score (nSPS) is 28.8. The van der Waals surface area contributed by atoms with Crippen molar-refractivity contribution in [1.82, 2.24) is 5.06 Å². The fourth-order valence-corrected chi connectivity index (χ4v) is 2.95. The van der Waals surface area contributed by atoms with E-state index in [-0.39, 0.29) is 23.4 Å². The number of benzene rings is 1. The van der Waals surface area contributed by atoms with Gasteiger partial charge in [-0.3, -0.25) is 10.0 Å². The Morgan fingerprint density at radius 3 is 2.58 bits per heavy atom. The van der Waals surface area contributed by atoms with Crippen molar-refractivity contribution in [2.75, 3.05) is 0 Å². The van der Waals surface area contributed by atoms with Gasteiger partial charge in [0.2, 0.25) is 0 Å². The highest BCUT2D eigenvalue weighted by atomic mass is 16.5. The van der Waals surface area contributed by atoms with Crippen LogP contribution < -0.4 is 0 Å². The second kappa shape index (κ2) is 4.20. The van der Waals surface area contributed by atoms with Crippen LogP contribution in [0.2, 0.25) is 0 Å². The number of hydroxylamine groups is 2. The minimum absolute atomic E-state index is 0.0354. The summed E-state index contributed by atoms with van der Waals surface area (Å²) in [6.07, 6.45) is 4.55. The highest BCUT2D eigenvalue weighted by molar-refractivity contribution is 5.89. The van der Waals surface area contributed by atoms with E-state index in [1.165, 1.54) is 12.1 Å². The Kier molecular flexibility index (Phi) is 2.64. The number of carbonyl (C=O) groups is 2. The van der Waals surface area contributed by atoms with Crippen molar-refractivity contribution in [1.29, 1.82) is 0 Å². The first-order valence-corrected chi connectivity index (χ1v) is 6.11. The summed E-state index contributed by atoms with van der Waals surface area (Å²) < 4.78 is 0. The van der Waals surface area contributed by atoms with E-state index in [4.69, 9.17) is 5.11 Å². The maximum absolute atomic E-state index is 12.1. The Morgan fingerprint density at radius 1 is 1.26 bits per heavy atom. The molecular formula is C14H13NO4. The molecule has 2 N–H and O–H groups in total. The number of amides is 1. The van der Waals surface area contributed by atoms with Gasteiger partial charge in [-0.1, -0.05) is 24.3 Å². The SMILES string of the molecule is O=C(O)c1ccc([C@@H]2C(=O)N(O)[C@@H]3C=CC[C@@H]32)cc1. The van der Waals surface area contributed by atoms with E-state index >= 15 is 0 Å². The van der Waals surface area contributed by atoms with Gasteiger partial charge in [-0.05, 0) is 24.1 Å². The number of rotatable bonds is 2. The lowest BCUT2D eigenvalue weighted by Crippen LogP contribution is -2.29. The molecule has 5 heteroatoms. The first-order valence-electron chi connectivity index (χ1n) is 6.11. The van der Waals surface area contributed by atoms with Crippen LogP contribution in [-0.2, 0) is 4.79 Å². The number of hydrogen-bond donors (Lipinski definition) is 2. The minimum atomic E-state index is -0.992. The zero-order chi connectivity index (χ0) is 13.6. The molecule has 1 aromatic rings. The summed E-state index contributed by atoms with van der Waals surface area (Å²) in [7, 11) is 0. The molecule has 0 bridgehead atoms. The number of carboxylic acids is 1. The van der Waals surface area contributed by atoms with Crippen molar-refractivity contribution in [2.24, 2.45) is 5.92 Å². The van der Waals surface area contributed by atoms with E-state index in [1.54, 1.807) is 12.1 Å². The van der Waals surface area contributed by atoms with Crippen LogP contribution in [0, 0.1) is 5.92 Å². The summed E-state index contributed by atoms with van der Waals surface area (Å²) in [5.74, 6) is -1.67. The van der Waals surface area contributed by atoms with Gasteiger partial charge in [0.15, 0.2) is 0 Å². The molecule has 0 saturated carbocycles. The van der Waals surface area contributed by atoms with Crippen LogP contribution in [0.3, 0.4) is 0 Å². The van der Waals surface area contributed by atoms with Crippen LogP contribution in [0.5, 0.6) is 0 Å². The summed E-state index contributed by atoms with van der Waals surface area (Å²) in [4.78, 5) is 22.9. The standard InChI is InChI=1S/C14H13NO4/c16-13-12(10-2-1-3-11(10)15(13)19)8-4-6-9(7-5-8)14(17)18/h1,3-7,10-12,19H,2H2,(H,17,18)/t10-,11+,12-/m0/s1. The molecule has 19 heavy (non-hydrogen) atoms. The molecule has 98 valence electrons. The zero-order valence-electron chi connectivity index (χ0n) is 10.1. The van der Waals surface area contributed by atoms with E-state index in [9.17, 15) is 14.8 Å². The van der Waals surface area contributed by atoms with E-state index in [1.807, 2.05) is 12.2 Å². The molecule has 1 fully saturated rings. The van der Waals surface area contributed by atoms with E-state index in [0.717, 1.165) is 17.0 Å². The second-order valence-electron chi connectivity index (χ2n) is 4.91. The lowest BCUT2D eigenvalue weighted by molar-refractivity contribution is -0.163. The highest BCUT2D eigenvalue weighted by Crippen LogP contribution is 2.43. The maximum Gasteiger partial charge on any atom is 0.335 e. The molecule has 0 aromatic heterocycles. The smallest absolute Gasteiger partial charge is 0.335 e. The van der Waals surface area contributed by atoms with Gasteiger partial charge < -0.3 is 5.11 Å². The van der Waals surface area contributed by atoms with Crippen molar-refractivity contribution < 1.29 is 19.9 Å². The number of aromatic carboxylic acids is 1. The average Bonchev–Trinajstić information content (AvgIpc) is 2.95. The van der Waals surface area contributed by atoms with Crippen LogP contribution >= 0.6 is 0 Å². The number of hydrogen-bond acceptors (Lipinski definition) is 3. The van der Waals surface area contributed by atoms with E-state index in [0.29, 0.717) is 0 Å². The van der Waals surface area contributed by atoms with Crippen LogP contribution in [0.1, 0.15) is 28.3 Å². The van der Waals surface area contributed by atoms with Gasteiger partial charge in [-0.15, -0.1) is 0 Å². The molecule has 3 rings (SSSR count). The number of carbonyl (C=O) groups excluding carboxylic acids is 1. The first-order chi connectivity index (χ1) is 9.09.